The lowest BCUT2D eigenvalue weighted by Gasteiger charge is -2.08. The molecule has 0 bridgehead atoms. The Morgan fingerprint density at radius 1 is 1.10 bits per heavy atom. The van der Waals surface area contributed by atoms with E-state index in [0.29, 0.717) is 0 Å². The first-order chi connectivity index (χ1) is 9.38. The molecule has 0 aliphatic rings. The van der Waals surface area contributed by atoms with Crippen LogP contribution < -0.4 is 10.5 Å². The number of sulfonamides is 1. The summed E-state index contributed by atoms with van der Waals surface area (Å²) in [6, 6.07) is 10.3. The van der Waals surface area contributed by atoms with Gasteiger partial charge >= 0.3 is 0 Å². The van der Waals surface area contributed by atoms with Crippen LogP contribution in [0.15, 0.2) is 53.4 Å². The van der Waals surface area contributed by atoms with Gasteiger partial charge in [0.25, 0.3) is 10.0 Å². The van der Waals surface area contributed by atoms with Crippen molar-refractivity contribution >= 4 is 21.6 Å². The second-order valence-electron chi connectivity index (χ2n) is 4.01. The van der Waals surface area contributed by atoms with E-state index in [2.05, 4.69) is 4.72 Å². The van der Waals surface area contributed by atoms with Crippen molar-refractivity contribution in [2.75, 3.05) is 4.72 Å². The van der Waals surface area contributed by atoms with E-state index in [1.54, 1.807) is 0 Å². The highest BCUT2D eigenvalue weighted by Gasteiger charge is 2.15. The third-order valence-corrected chi connectivity index (χ3v) is 3.88. The van der Waals surface area contributed by atoms with E-state index in [9.17, 15) is 17.6 Å². The molecule has 104 valence electrons. The minimum absolute atomic E-state index is 0.171. The second kappa shape index (κ2) is 5.30. The van der Waals surface area contributed by atoms with Gasteiger partial charge in [-0.2, -0.15) is 0 Å². The topological polar surface area (TPSA) is 89.3 Å². The van der Waals surface area contributed by atoms with Crippen molar-refractivity contribution in [2.24, 2.45) is 5.73 Å². The third kappa shape index (κ3) is 3.12. The molecule has 0 spiro atoms. The van der Waals surface area contributed by atoms with Crippen molar-refractivity contribution in [3.05, 3.63) is 59.9 Å². The minimum atomic E-state index is -3.92. The molecule has 2 rings (SSSR count). The summed E-state index contributed by atoms with van der Waals surface area (Å²) in [7, 11) is -3.92. The quantitative estimate of drug-likeness (QED) is 0.899. The largest absolute Gasteiger partial charge is 0.366 e. The molecule has 0 saturated heterocycles. The molecule has 2 aromatic carbocycles. The van der Waals surface area contributed by atoms with Gasteiger partial charge in [0.1, 0.15) is 5.82 Å². The van der Waals surface area contributed by atoms with Crippen molar-refractivity contribution in [1.29, 1.82) is 0 Å². The molecule has 7 heteroatoms. The van der Waals surface area contributed by atoms with Crippen LogP contribution in [0.4, 0.5) is 10.1 Å². The lowest BCUT2D eigenvalue weighted by molar-refractivity contribution is 0.100. The highest BCUT2D eigenvalue weighted by Crippen LogP contribution is 2.17. The average Bonchev–Trinajstić information content (AvgIpc) is 2.38. The number of hydrogen-bond acceptors (Lipinski definition) is 3. The van der Waals surface area contributed by atoms with Gasteiger partial charge in [0.15, 0.2) is 0 Å². The highest BCUT2D eigenvalue weighted by atomic mass is 32.2. The molecule has 0 aliphatic heterocycles. The fraction of sp³-hybridized carbons (Fsp3) is 0. The fourth-order valence-corrected chi connectivity index (χ4v) is 2.66. The van der Waals surface area contributed by atoms with Gasteiger partial charge in [-0.05, 0) is 36.4 Å². The van der Waals surface area contributed by atoms with Crippen LogP contribution >= 0.6 is 0 Å². The summed E-state index contributed by atoms with van der Waals surface area (Å²) in [6.45, 7) is 0. The van der Waals surface area contributed by atoms with Gasteiger partial charge in [0.05, 0.1) is 4.90 Å². The van der Waals surface area contributed by atoms with Crippen molar-refractivity contribution in [3.63, 3.8) is 0 Å². The second-order valence-corrected chi connectivity index (χ2v) is 5.69. The molecule has 20 heavy (non-hydrogen) atoms. The summed E-state index contributed by atoms with van der Waals surface area (Å²) in [5.41, 5.74) is 5.45. The van der Waals surface area contributed by atoms with Gasteiger partial charge < -0.3 is 5.73 Å². The normalized spacial score (nSPS) is 11.1. The van der Waals surface area contributed by atoms with Gasteiger partial charge in [0.2, 0.25) is 5.91 Å². The maximum atomic E-state index is 13.1. The van der Waals surface area contributed by atoms with Crippen LogP contribution in [-0.4, -0.2) is 14.3 Å². The first-order valence-electron chi connectivity index (χ1n) is 5.57. The summed E-state index contributed by atoms with van der Waals surface area (Å²) in [5.74, 6) is -1.32. The Kier molecular flexibility index (Phi) is 3.71. The predicted molar refractivity (Wildman–Crippen MR) is 72.2 cm³/mol. The monoisotopic (exact) mass is 294 g/mol. The van der Waals surface area contributed by atoms with Gasteiger partial charge in [-0.3, -0.25) is 9.52 Å². The first kappa shape index (κ1) is 14.0. The van der Waals surface area contributed by atoms with Gasteiger partial charge in [0, 0.05) is 11.3 Å². The maximum Gasteiger partial charge on any atom is 0.261 e. The molecule has 1 amide bonds. The van der Waals surface area contributed by atoms with E-state index in [-0.39, 0.29) is 16.1 Å². The summed E-state index contributed by atoms with van der Waals surface area (Å²) in [5, 5.41) is 0. The highest BCUT2D eigenvalue weighted by molar-refractivity contribution is 7.92. The molecule has 0 radical (unpaired) electrons. The summed E-state index contributed by atoms with van der Waals surface area (Å²) in [6.07, 6.45) is 0. The van der Waals surface area contributed by atoms with Crippen LogP contribution in [0.5, 0.6) is 0 Å². The van der Waals surface area contributed by atoms with Crippen LogP contribution in [0.25, 0.3) is 0 Å². The molecule has 0 fully saturated rings. The Labute approximate surface area is 115 Å². The Balaban J connectivity index is 2.33. The van der Waals surface area contributed by atoms with Crippen LogP contribution in [0.3, 0.4) is 0 Å². The first-order valence-corrected chi connectivity index (χ1v) is 7.05. The number of rotatable bonds is 4. The van der Waals surface area contributed by atoms with Gasteiger partial charge in [-0.15, -0.1) is 0 Å². The van der Waals surface area contributed by atoms with E-state index < -0.39 is 21.7 Å². The zero-order chi connectivity index (χ0) is 14.8. The number of hydrogen-bond donors (Lipinski definition) is 2. The van der Waals surface area contributed by atoms with E-state index in [4.69, 9.17) is 5.73 Å². The Hall–Kier alpha value is -2.41. The van der Waals surface area contributed by atoms with E-state index in [1.807, 2.05) is 0 Å². The van der Waals surface area contributed by atoms with Gasteiger partial charge in [-0.25, -0.2) is 12.8 Å². The van der Waals surface area contributed by atoms with Crippen molar-refractivity contribution in [1.82, 2.24) is 0 Å². The molecule has 0 atom stereocenters. The SMILES string of the molecule is NC(=O)c1cccc(NS(=O)(=O)c2cccc(F)c2)c1. The van der Waals surface area contributed by atoms with Crippen molar-refractivity contribution in [2.45, 2.75) is 4.90 Å². The van der Waals surface area contributed by atoms with Crippen molar-refractivity contribution < 1.29 is 17.6 Å². The fourth-order valence-electron chi connectivity index (χ4n) is 1.58. The smallest absolute Gasteiger partial charge is 0.261 e. The van der Waals surface area contributed by atoms with Crippen LogP contribution in [0.1, 0.15) is 10.4 Å². The van der Waals surface area contributed by atoms with Crippen molar-refractivity contribution in [3.8, 4) is 0 Å². The average molecular weight is 294 g/mol. The molecular formula is C13H11FN2O3S. The molecule has 3 N–H and O–H groups in total. The Bertz CT molecular complexity index is 760. The number of halogens is 1. The molecule has 0 aromatic heterocycles. The third-order valence-electron chi connectivity index (χ3n) is 2.51. The molecular weight excluding hydrogens is 283 g/mol. The molecule has 0 saturated carbocycles. The molecule has 0 unspecified atom stereocenters. The zero-order valence-electron chi connectivity index (χ0n) is 10.2. The molecule has 2 aromatic rings. The van der Waals surface area contributed by atoms with Crippen LogP contribution in [0.2, 0.25) is 0 Å². The maximum absolute atomic E-state index is 13.1. The number of primary amides is 1. The number of amides is 1. The zero-order valence-corrected chi connectivity index (χ0v) is 11.0. The number of anilines is 1. The molecule has 5 nitrogen and oxygen atoms in total. The van der Waals surface area contributed by atoms with Crippen LogP contribution in [-0.2, 0) is 10.0 Å². The molecule has 0 aliphatic carbocycles. The lowest BCUT2D eigenvalue weighted by atomic mass is 10.2. The van der Waals surface area contributed by atoms with E-state index in [0.717, 1.165) is 12.1 Å². The summed E-state index contributed by atoms with van der Waals surface area (Å²) < 4.78 is 39.4. The number of carbonyl (C=O) groups excluding carboxylic acids is 1. The number of nitrogens with two attached hydrogens (primary N) is 1. The Morgan fingerprint density at radius 2 is 1.80 bits per heavy atom. The summed E-state index contributed by atoms with van der Waals surface area (Å²) in [4.78, 5) is 10.8. The summed E-state index contributed by atoms with van der Waals surface area (Å²) >= 11 is 0. The van der Waals surface area contributed by atoms with E-state index in [1.165, 1.54) is 36.4 Å². The van der Waals surface area contributed by atoms with Gasteiger partial charge in [-0.1, -0.05) is 12.1 Å². The Morgan fingerprint density at radius 3 is 2.45 bits per heavy atom. The number of nitrogens with one attached hydrogen (secondary N) is 1. The standard InChI is InChI=1S/C13H11FN2O3S/c14-10-4-2-6-12(8-10)20(18,19)16-11-5-1-3-9(7-11)13(15)17/h1-8,16H,(H2,15,17). The lowest BCUT2D eigenvalue weighted by Crippen LogP contribution is -2.15. The predicted octanol–water partition coefficient (Wildman–Crippen LogP) is 1.73. The number of carbonyl (C=O) groups is 1. The molecule has 0 heterocycles. The number of benzene rings is 2. The van der Waals surface area contributed by atoms with E-state index >= 15 is 0 Å². The minimum Gasteiger partial charge on any atom is -0.366 e. The van der Waals surface area contributed by atoms with Crippen LogP contribution in [0, 0.1) is 5.82 Å².